The molecule has 0 amide bonds. The third-order valence-electron chi connectivity index (χ3n) is 2.37. The fourth-order valence-electron chi connectivity index (χ4n) is 1.43. The van der Waals surface area contributed by atoms with Crippen LogP contribution in [-0.2, 0) is 4.79 Å². The first-order chi connectivity index (χ1) is 8.09. The van der Waals surface area contributed by atoms with Gasteiger partial charge in [-0.05, 0) is 36.4 Å². The SMILES string of the molecule is Cc1cc(-c2nnnn2C(C)C(=O)O)ccn1. The highest BCUT2D eigenvalue weighted by molar-refractivity contribution is 5.72. The lowest BCUT2D eigenvalue weighted by atomic mass is 10.2. The Balaban J connectivity index is 2.47. The van der Waals surface area contributed by atoms with E-state index in [4.69, 9.17) is 5.11 Å². The van der Waals surface area contributed by atoms with Crippen LogP contribution in [0.3, 0.4) is 0 Å². The minimum Gasteiger partial charge on any atom is -0.480 e. The van der Waals surface area contributed by atoms with Crippen LogP contribution in [0.4, 0.5) is 0 Å². The molecular formula is C10H11N5O2. The van der Waals surface area contributed by atoms with Gasteiger partial charge in [0.2, 0.25) is 0 Å². The first-order valence-corrected chi connectivity index (χ1v) is 5.03. The molecule has 2 aromatic heterocycles. The van der Waals surface area contributed by atoms with Crippen molar-refractivity contribution in [2.75, 3.05) is 0 Å². The molecule has 0 bridgehead atoms. The van der Waals surface area contributed by atoms with E-state index in [-0.39, 0.29) is 0 Å². The van der Waals surface area contributed by atoms with Crippen molar-refractivity contribution in [3.8, 4) is 11.4 Å². The summed E-state index contributed by atoms with van der Waals surface area (Å²) in [5, 5.41) is 20.0. The van der Waals surface area contributed by atoms with Crippen LogP contribution < -0.4 is 0 Å². The van der Waals surface area contributed by atoms with Crippen molar-refractivity contribution in [1.82, 2.24) is 25.2 Å². The van der Waals surface area contributed by atoms with Crippen molar-refractivity contribution in [2.24, 2.45) is 0 Å². The lowest BCUT2D eigenvalue weighted by Gasteiger charge is -2.08. The molecular weight excluding hydrogens is 222 g/mol. The van der Waals surface area contributed by atoms with Crippen LogP contribution in [0.1, 0.15) is 18.7 Å². The van der Waals surface area contributed by atoms with E-state index in [0.29, 0.717) is 5.82 Å². The lowest BCUT2D eigenvalue weighted by Crippen LogP contribution is -2.18. The molecule has 1 N–H and O–H groups in total. The van der Waals surface area contributed by atoms with E-state index >= 15 is 0 Å². The van der Waals surface area contributed by atoms with Crippen LogP contribution in [0.2, 0.25) is 0 Å². The second-order valence-electron chi connectivity index (χ2n) is 3.65. The summed E-state index contributed by atoms with van der Waals surface area (Å²) < 4.78 is 1.27. The van der Waals surface area contributed by atoms with Gasteiger partial charge in [-0.2, -0.15) is 0 Å². The summed E-state index contributed by atoms with van der Waals surface area (Å²) in [6, 6.07) is 2.73. The predicted octanol–water partition coefficient (Wildman–Crippen LogP) is 0.689. The van der Waals surface area contributed by atoms with Crippen molar-refractivity contribution in [3.05, 3.63) is 24.0 Å². The highest BCUT2D eigenvalue weighted by atomic mass is 16.4. The highest BCUT2D eigenvalue weighted by Crippen LogP contribution is 2.18. The summed E-state index contributed by atoms with van der Waals surface area (Å²) in [5.74, 6) is -0.560. The number of pyridine rings is 1. The number of carboxylic acids is 1. The van der Waals surface area contributed by atoms with Crippen LogP contribution >= 0.6 is 0 Å². The molecule has 0 spiro atoms. The van der Waals surface area contributed by atoms with Crippen LogP contribution in [0.5, 0.6) is 0 Å². The summed E-state index contributed by atoms with van der Waals surface area (Å²) in [6.07, 6.45) is 1.63. The van der Waals surface area contributed by atoms with Crippen LogP contribution in [0.15, 0.2) is 18.3 Å². The summed E-state index contributed by atoms with van der Waals surface area (Å²) in [4.78, 5) is 15.0. The van der Waals surface area contributed by atoms with Gasteiger partial charge in [0, 0.05) is 17.5 Å². The van der Waals surface area contributed by atoms with E-state index in [2.05, 4.69) is 20.5 Å². The van der Waals surface area contributed by atoms with E-state index in [0.717, 1.165) is 11.3 Å². The molecule has 0 fully saturated rings. The zero-order valence-electron chi connectivity index (χ0n) is 9.40. The fourth-order valence-corrected chi connectivity index (χ4v) is 1.43. The number of tetrazole rings is 1. The maximum atomic E-state index is 10.9. The topological polar surface area (TPSA) is 93.8 Å². The maximum Gasteiger partial charge on any atom is 0.328 e. The number of hydrogen-bond acceptors (Lipinski definition) is 5. The van der Waals surface area contributed by atoms with E-state index in [1.807, 2.05) is 6.92 Å². The molecule has 0 saturated heterocycles. The van der Waals surface area contributed by atoms with Crippen molar-refractivity contribution >= 4 is 5.97 Å². The third kappa shape index (κ3) is 2.12. The van der Waals surface area contributed by atoms with Gasteiger partial charge < -0.3 is 5.11 Å². The Morgan fingerprint density at radius 3 is 2.94 bits per heavy atom. The number of nitrogens with zero attached hydrogens (tertiary/aromatic N) is 5. The Labute approximate surface area is 97.1 Å². The minimum atomic E-state index is -0.982. The molecule has 2 rings (SSSR count). The summed E-state index contributed by atoms with van der Waals surface area (Å²) in [6.45, 7) is 3.37. The molecule has 0 aliphatic carbocycles. The van der Waals surface area contributed by atoms with E-state index in [1.165, 1.54) is 11.6 Å². The molecule has 7 heteroatoms. The second-order valence-corrected chi connectivity index (χ2v) is 3.65. The Morgan fingerprint density at radius 1 is 1.53 bits per heavy atom. The smallest absolute Gasteiger partial charge is 0.328 e. The molecule has 1 atom stereocenters. The van der Waals surface area contributed by atoms with Crippen molar-refractivity contribution < 1.29 is 9.90 Å². The van der Waals surface area contributed by atoms with E-state index in [9.17, 15) is 4.79 Å². The van der Waals surface area contributed by atoms with Crippen LogP contribution in [0.25, 0.3) is 11.4 Å². The Bertz CT molecular complexity index is 551. The first kappa shape index (κ1) is 11.2. The summed E-state index contributed by atoms with van der Waals surface area (Å²) >= 11 is 0. The van der Waals surface area contributed by atoms with Gasteiger partial charge in [-0.15, -0.1) is 5.10 Å². The average molecular weight is 233 g/mol. The average Bonchev–Trinajstić information content (AvgIpc) is 2.76. The minimum absolute atomic E-state index is 0.422. The summed E-state index contributed by atoms with van der Waals surface area (Å²) in [7, 11) is 0. The Hall–Kier alpha value is -2.31. The molecule has 2 aromatic rings. The van der Waals surface area contributed by atoms with Crippen molar-refractivity contribution in [1.29, 1.82) is 0 Å². The standard InChI is InChI=1S/C10H11N5O2/c1-6-5-8(3-4-11-6)9-12-13-14-15(9)7(2)10(16)17/h3-5,7H,1-2H3,(H,16,17). The normalized spacial score (nSPS) is 12.4. The second kappa shape index (κ2) is 4.28. The molecule has 0 radical (unpaired) electrons. The number of carbonyl (C=O) groups is 1. The molecule has 88 valence electrons. The molecule has 0 aliphatic heterocycles. The van der Waals surface area contributed by atoms with Gasteiger partial charge in [-0.3, -0.25) is 4.98 Å². The zero-order valence-corrected chi connectivity index (χ0v) is 9.40. The van der Waals surface area contributed by atoms with Gasteiger partial charge in [0.25, 0.3) is 0 Å². The van der Waals surface area contributed by atoms with Gasteiger partial charge in [0.1, 0.15) is 0 Å². The fraction of sp³-hybridized carbons (Fsp3) is 0.300. The lowest BCUT2D eigenvalue weighted by molar-refractivity contribution is -0.140. The number of hydrogen-bond donors (Lipinski definition) is 1. The predicted molar refractivity (Wildman–Crippen MR) is 58.1 cm³/mol. The molecule has 1 unspecified atom stereocenters. The third-order valence-corrected chi connectivity index (χ3v) is 2.37. The van der Waals surface area contributed by atoms with Gasteiger partial charge in [-0.1, -0.05) is 0 Å². The Morgan fingerprint density at radius 2 is 2.29 bits per heavy atom. The first-order valence-electron chi connectivity index (χ1n) is 5.03. The molecule has 0 aromatic carbocycles. The van der Waals surface area contributed by atoms with E-state index in [1.54, 1.807) is 18.3 Å². The van der Waals surface area contributed by atoms with Crippen molar-refractivity contribution in [2.45, 2.75) is 19.9 Å². The molecule has 7 nitrogen and oxygen atoms in total. The highest BCUT2D eigenvalue weighted by Gasteiger charge is 2.20. The number of carboxylic acid groups (broad SMARTS) is 1. The van der Waals surface area contributed by atoms with Crippen LogP contribution in [0, 0.1) is 6.92 Å². The zero-order chi connectivity index (χ0) is 12.4. The van der Waals surface area contributed by atoms with Gasteiger partial charge in [-0.25, -0.2) is 9.48 Å². The molecule has 0 saturated carbocycles. The number of aryl methyl sites for hydroxylation is 1. The largest absolute Gasteiger partial charge is 0.480 e. The van der Waals surface area contributed by atoms with Gasteiger partial charge >= 0.3 is 5.97 Å². The number of rotatable bonds is 3. The van der Waals surface area contributed by atoms with Crippen LogP contribution in [-0.4, -0.2) is 36.3 Å². The molecule has 2 heterocycles. The molecule has 0 aliphatic rings. The van der Waals surface area contributed by atoms with Gasteiger partial charge in [0.05, 0.1) is 0 Å². The number of aliphatic carboxylic acids is 1. The monoisotopic (exact) mass is 233 g/mol. The number of aromatic nitrogens is 5. The maximum absolute atomic E-state index is 10.9. The Kier molecular flexibility index (Phi) is 2.82. The van der Waals surface area contributed by atoms with Gasteiger partial charge in [0.15, 0.2) is 11.9 Å². The van der Waals surface area contributed by atoms with Crippen molar-refractivity contribution in [3.63, 3.8) is 0 Å². The summed E-state index contributed by atoms with van der Waals surface area (Å²) in [5.41, 5.74) is 1.57. The van der Waals surface area contributed by atoms with E-state index < -0.39 is 12.0 Å². The molecule has 17 heavy (non-hydrogen) atoms. The quantitative estimate of drug-likeness (QED) is 0.838.